The Morgan fingerprint density at radius 1 is 1.00 bits per heavy atom. The molecule has 0 spiro atoms. The number of rotatable bonds is 7. The van der Waals surface area contributed by atoms with Crippen molar-refractivity contribution in [2.24, 2.45) is 5.92 Å². The number of amides is 2. The lowest BCUT2D eigenvalue weighted by Crippen LogP contribution is -2.47. The molecule has 1 unspecified atom stereocenters. The Morgan fingerprint density at radius 2 is 1.57 bits per heavy atom. The van der Waals surface area contributed by atoms with Gasteiger partial charge in [-0.05, 0) is 54.4 Å². The Kier molecular flexibility index (Phi) is 7.21. The van der Waals surface area contributed by atoms with Crippen LogP contribution >= 0.6 is 11.6 Å². The van der Waals surface area contributed by atoms with E-state index in [1.807, 2.05) is 13.8 Å². The minimum Gasteiger partial charge on any atom is -0.340 e. The Labute approximate surface area is 170 Å². The van der Waals surface area contributed by atoms with Gasteiger partial charge in [-0.1, -0.05) is 32.4 Å². The Morgan fingerprint density at radius 3 is 2.07 bits per heavy atom. The predicted octanol–water partition coefficient (Wildman–Crippen LogP) is 3.53. The topological polar surface area (TPSA) is 92.3 Å². The molecule has 1 atom stereocenters. The van der Waals surface area contributed by atoms with Crippen LogP contribution in [0.2, 0.25) is 5.02 Å². The summed E-state index contributed by atoms with van der Waals surface area (Å²) in [4.78, 5) is 25.3. The summed E-state index contributed by atoms with van der Waals surface area (Å²) in [6.07, 6.45) is 0. The van der Waals surface area contributed by atoms with Crippen LogP contribution in [-0.2, 0) is 14.6 Å². The third-order valence-corrected chi connectivity index (χ3v) is 6.21. The molecule has 0 aliphatic carbocycles. The maximum Gasteiger partial charge on any atom is 0.251 e. The molecule has 0 aliphatic rings. The molecule has 0 saturated heterocycles. The molecule has 0 fully saturated rings. The first-order valence-electron chi connectivity index (χ1n) is 8.84. The lowest BCUT2D eigenvalue weighted by atomic mass is 10.0. The van der Waals surface area contributed by atoms with Crippen molar-refractivity contribution in [3.63, 3.8) is 0 Å². The highest BCUT2D eigenvalue weighted by molar-refractivity contribution is 7.91. The van der Waals surface area contributed by atoms with Crippen LogP contribution in [0.5, 0.6) is 0 Å². The molecule has 0 saturated carbocycles. The summed E-state index contributed by atoms with van der Waals surface area (Å²) in [5, 5.41) is 5.96. The molecule has 0 bridgehead atoms. The summed E-state index contributed by atoms with van der Waals surface area (Å²) in [7, 11) is -3.30. The number of hydrogen-bond acceptors (Lipinski definition) is 4. The van der Waals surface area contributed by atoms with E-state index in [0.717, 1.165) is 0 Å². The van der Waals surface area contributed by atoms with E-state index < -0.39 is 15.9 Å². The van der Waals surface area contributed by atoms with Crippen molar-refractivity contribution in [3.8, 4) is 0 Å². The SMILES string of the molecule is CCS(=O)(=O)c1ccc(NC(=O)C(NC(=O)c2ccc(Cl)cc2)C(C)C)cc1. The molecule has 150 valence electrons. The number of anilines is 1. The van der Waals surface area contributed by atoms with Crippen LogP contribution < -0.4 is 10.6 Å². The van der Waals surface area contributed by atoms with E-state index >= 15 is 0 Å². The highest BCUT2D eigenvalue weighted by atomic mass is 35.5. The molecule has 0 radical (unpaired) electrons. The molecule has 2 N–H and O–H groups in total. The fourth-order valence-electron chi connectivity index (χ4n) is 2.49. The average molecular weight is 423 g/mol. The number of nitrogens with one attached hydrogen (secondary N) is 2. The molecule has 0 heterocycles. The number of sulfone groups is 1. The van der Waals surface area contributed by atoms with Gasteiger partial charge >= 0.3 is 0 Å². The zero-order chi connectivity index (χ0) is 20.9. The van der Waals surface area contributed by atoms with Gasteiger partial charge < -0.3 is 10.6 Å². The van der Waals surface area contributed by atoms with E-state index in [4.69, 9.17) is 11.6 Å². The second-order valence-electron chi connectivity index (χ2n) is 6.62. The zero-order valence-corrected chi connectivity index (χ0v) is 17.5. The molecule has 2 amide bonds. The molecule has 0 aliphatic heterocycles. The fraction of sp³-hybridized carbons (Fsp3) is 0.300. The lowest BCUT2D eigenvalue weighted by Gasteiger charge is -2.22. The zero-order valence-electron chi connectivity index (χ0n) is 15.9. The van der Waals surface area contributed by atoms with Crippen molar-refractivity contribution in [1.29, 1.82) is 0 Å². The number of hydrogen-bond donors (Lipinski definition) is 2. The summed E-state index contributed by atoms with van der Waals surface area (Å²) in [6.45, 7) is 5.22. The van der Waals surface area contributed by atoms with Gasteiger partial charge in [0.25, 0.3) is 5.91 Å². The van der Waals surface area contributed by atoms with E-state index in [1.54, 1.807) is 31.2 Å². The molecule has 2 aromatic carbocycles. The van der Waals surface area contributed by atoms with Gasteiger partial charge in [-0.15, -0.1) is 0 Å². The van der Waals surface area contributed by atoms with Crippen molar-refractivity contribution >= 4 is 38.9 Å². The van der Waals surface area contributed by atoms with Crippen LogP contribution in [0.3, 0.4) is 0 Å². The summed E-state index contributed by atoms with van der Waals surface area (Å²) in [6, 6.07) is 11.6. The second kappa shape index (κ2) is 9.21. The molecule has 8 heteroatoms. The smallest absolute Gasteiger partial charge is 0.251 e. The maximum absolute atomic E-state index is 12.6. The quantitative estimate of drug-likeness (QED) is 0.713. The fourth-order valence-corrected chi connectivity index (χ4v) is 3.50. The number of halogens is 1. The van der Waals surface area contributed by atoms with Gasteiger partial charge in [-0.3, -0.25) is 9.59 Å². The van der Waals surface area contributed by atoms with Crippen LogP contribution in [0.15, 0.2) is 53.4 Å². The number of carbonyl (C=O) groups is 2. The molecular formula is C20H23ClN2O4S. The minimum absolute atomic E-state index is 0.00482. The van der Waals surface area contributed by atoms with E-state index in [1.165, 1.54) is 24.3 Å². The normalized spacial score (nSPS) is 12.5. The monoisotopic (exact) mass is 422 g/mol. The third kappa shape index (κ3) is 5.56. The molecule has 2 aromatic rings. The maximum atomic E-state index is 12.6. The lowest BCUT2D eigenvalue weighted by molar-refractivity contribution is -0.118. The molecule has 0 aromatic heterocycles. The van der Waals surface area contributed by atoms with Crippen LogP contribution in [0, 0.1) is 5.92 Å². The Bertz CT molecular complexity index is 939. The Hall–Kier alpha value is -2.38. The van der Waals surface area contributed by atoms with Gasteiger partial charge in [0, 0.05) is 16.3 Å². The van der Waals surface area contributed by atoms with Crippen molar-refractivity contribution in [1.82, 2.24) is 5.32 Å². The van der Waals surface area contributed by atoms with Crippen molar-refractivity contribution in [2.75, 3.05) is 11.1 Å². The number of carbonyl (C=O) groups excluding carboxylic acids is 2. The predicted molar refractivity (Wildman–Crippen MR) is 110 cm³/mol. The first-order chi connectivity index (χ1) is 13.1. The second-order valence-corrected chi connectivity index (χ2v) is 9.33. The summed E-state index contributed by atoms with van der Waals surface area (Å²) >= 11 is 5.83. The summed E-state index contributed by atoms with van der Waals surface area (Å²) in [5.74, 6) is -0.917. The van der Waals surface area contributed by atoms with Crippen LogP contribution in [0.1, 0.15) is 31.1 Å². The summed E-state index contributed by atoms with van der Waals surface area (Å²) in [5.41, 5.74) is 0.850. The van der Waals surface area contributed by atoms with Crippen molar-refractivity contribution in [2.45, 2.75) is 31.7 Å². The van der Waals surface area contributed by atoms with Crippen LogP contribution in [-0.4, -0.2) is 32.0 Å². The van der Waals surface area contributed by atoms with Crippen LogP contribution in [0.4, 0.5) is 5.69 Å². The molecule has 6 nitrogen and oxygen atoms in total. The highest BCUT2D eigenvalue weighted by Gasteiger charge is 2.25. The van der Waals surface area contributed by atoms with E-state index in [2.05, 4.69) is 10.6 Å². The number of benzene rings is 2. The average Bonchev–Trinajstić information content (AvgIpc) is 2.66. The van der Waals surface area contributed by atoms with Crippen molar-refractivity contribution < 1.29 is 18.0 Å². The van der Waals surface area contributed by atoms with Gasteiger partial charge in [-0.25, -0.2) is 8.42 Å². The van der Waals surface area contributed by atoms with Crippen molar-refractivity contribution in [3.05, 3.63) is 59.1 Å². The third-order valence-electron chi connectivity index (χ3n) is 4.20. The largest absolute Gasteiger partial charge is 0.340 e. The van der Waals surface area contributed by atoms with Gasteiger partial charge in [0.1, 0.15) is 6.04 Å². The van der Waals surface area contributed by atoms with E-state index in [0.29, 0.717) is 16.3 Å². The molecule has 28 heavy (non-hydrogen) atoms. The molecular weight excluding hydrogens is 400 g/mol. The first-order valence-corrected chi connectivity index (χ1v) is 10.9. The van der Waals surface area contributed by atoms with Gasteiger partial charge in [0.2, 0.25) is 5.91 Å². The van der Waals surface area contributed by atoms with Gasteiger partial charge in [0.15, 0.2) is 9.84 Å². The highest BCUT2D eigenvalue weighted by Crippen LogP contribution is 2.17. The first kappa shape index (κ1) is 21.9. The standard InChI is InChI=1S/C20H23ClN2O4S/c1-4-28(26,27)17-11-9-16(10-12-17)22-20(25)18(13(2)3)23-19(24)14-5-7-15(21)8-6-14/h5-13,18H,4H2,1-3H3,(H,22,25)(H,23,24). The summed E-state index contributed by atoms with van der Waals surface area (Å²) < 4.78 is 23.7. The van der Waals surface area contributed by atoms with Gasteiger partial charge in [-0.2, -0.15) is 0 Å². The van der Waals surface area contributed by atoms with E-state index in [-0.39, 0.29) is 28.4 Å². The van der Waals surface area contributed by atoms with Gasteiger partial charge in [0.05, 0.1) is 10.6 Å². The van der Waals surface area contributed by atoms with Crippen LogP contribution in [0.25, 0.3) is 0 Å². The van der Waals surface area contributed by atoms with E-state index in [9.17, 15) is 18.0 Å². The molecule has 2 rings (SSSR count). The Balaban J connectivity index is 2.10. The minimum atomic E-state index is -3.30.